The molecule has 7 nitrogen and oxygen atoms in total. The normalized spacial score (nSPS) is 13.5. The maximum absolute atomic E-state index is 12.6. The standard InChI is InChI=1S/C19H26N4O3S/c1-12-13(9-20-23(12)3)10-22(2)11-16(24)21-18-17(19(25)26-4)14-7-5-6-8-15(14)27-18/h9H,5-8,10-11H2,1-4H3,(H,21,24). The quantitative estimate of drug-likeness (QED) is 0.767. The number of thiophene rings is 1. The SMILES string of the molecule is COC(=O)c1c(NC(=O)CN(C)Cc2cnn(C)c2C)sc2c1CCCC2. The first-order valence-electron chi connectivity index (χ1n) is 9.09. The van der Waals surface area contributed by atoms with Crippen LogP contribution >= 0.6 is 11.3 Å². The summed E-state index contributed by atoms with van der Waals surface area (Å²) in [5.41, 5.74) is 3.76. The molecule has 0 aliphatic heterocycles. The third-order valence-electron chi connectivity index (χ3n) is 5.00. The van der Waals surface area contributed by atoms with Crippen molar-refractivity contribution in [2.24, 2.45) is 7.05 Å². The van der Waals surface area contributed by atoms with Crippen molar-refractivity contribution in [3.63, 3.8) is 0 Å². The Labute approximate surface area is 163 Å². The Bertz CT molecular complexity index is 856. The Balaban J connectivity index is 1.69. The smallest absolute Gasteiger partial charge is 0.341 e. The molecule has 8 heteroatoms. The van der Waals surface area contributed by atoms with Crippen molar-refractivity contribution in [1.82, 2.24) is 14.7 Å². The first-order valence-corrected chi connectivity index (χ1v) is 9.91. The highest BCUT2D eigenvalue weighted by Gasteiger charge is 2.27. The van der Waals surface area contributed by atoms with Crippen molar-refractivity contribution in [3.8, 4) is 0 Å². The fraction of sp³-hybridized carbons (Fsp3) is 0.526. The van der Waals surface area contributed by atoms with Gasteiger partial charge < -0.3 is 10.1 Å². The number of likely N-dealkylation sites (N-methyl/N-ethyl adjacent to an activating group) is 1. The number of carbonyl (C=O) groups is 2. The lowest BCUT2D eigenvalue weighted by Crippen LogP contribution is -2.30. The number of hydrogen-bond donors (Lipinski definition) is 1. The van der Waals surface area contributed by atoms with Crippen LogP contribution in [0.5, 0.6) is 0 Å². The first-order chi connectivity index (χ1) is 12.9. The fourth-order valence-corrected chi connectivity index (χ4v) is 4.72. The van der Waals surface area contributed by atoms with E-state index in [4.69, 9.17) is 4.74 Å². The van der Waals surface area contributed by atoms with Gasteiger partial charge in [-0.3, -0.25) is 14.4 Å². The van der Waals surface area contributed by atoms with E-state index in [0.29, 0.717) is 17.1 Å². The average Bonchev–Trinajstić information content (AvgIpc) is 3.15. The van der Waals surface area contributed by atoms with E-state index >= 15 is 0 Å². The van der Waals surface area contributed by atoms with Gasteiger partial charge in [0.1, 0.15) is 5.00 Å². The molecule has 0 spiro atoms. The van der Waals surface area contributed by atoms with Crippen molar-refractivity contribution in [2.45, 2.75) is 39.2 Å². The van der Waals surface area contributed by atoms with Crippen LogP contribution in [0.2, 0.25) is 0 Å². The molecule has 0 aromatic carbocycles. The fourth-order valence-electron chi connectivity index (χ4n) is 3.43. The number of aromatic nitrogens is 2. The molecule has 0 saturated heterocycles. The molecule has 1 aliphatic carbocycles. The van der Waals surface area contributed by atoms with Crippen molar-refractivity contribution in [2.75, 3.05) is 26.0 Å². The van der Waals surface area contributed by atoms with Gasteiger partial charge in [0.2, 0.25) is 5.91 Å². The van der Waals surface area contributed by atoms with Gasteiger partial charge >= 0.3 is 5.97 Å². The number of esters is 1. The summed E-state index contributed by atoms with van der Waals surface area (Å²) in [6.45, 7) is 2.88. The van der Waals surface area contributed by atoms with E-state index in [1.165, 1.54) is 23.3 Å². The lowest BCUT2D eigenvalue weighted by Gasteiger charge is -2.16. The molecular weight excluding hydrogens is 364 g/mol. The van der Waals surface area contributed by atoms with Gasteiger partial charge in [-0.2, -0.15) is 5.10 Å². The Hall–Kier alpha value is -2.19. The predicted octanol–water partition coefficient (Wildman–Crippen LogP) is 2.53. The van der Waals surface area contributed by atoms with Crippen LogP contribution in [0, 0.1) is 6.92 Å². The van der Waals surface area contributed by atoms with E-state index in [-0.39, 0.29) is 18.4 Å². The molecule has 146 valence electrons. The van der Waals surface area contributed by atoms with Gasteiger partial charge in [-0.25, -0.2) is 4.79 Å². The number of amides is 1. The van der Waals surface area contributed by atoms with Crippen LogP contribution in [0.1, 0.15) is 44.9 Å². The molecule has 1 aliphatic rings. The number of anilines is 1. The van der Waals surface area contributed by atoms with Crippen molar-refractivity contribution < 1.29 is 14.3 Å². The van der Waals surface area contributed by atoms with E-state index in [1.807, 2.05) is 36.8 Å². The highest BCUT2D eigenvalue weighted by atomic mass is 32.1. The number of nitrogens with one attached hydrogen (secondary N) is 1. The minimum atomic E-state index is -0.371. The Morgan fingerprint density at radius 2 is 2.11 bits per heavy atom. The van der Waals surface area contributed by atoms with Gasteiger partial charge in [0.05, 0.1) is 25.4 Å². The zero-order valence-electron chi connectivity index (χ0n) is 16.3. The predicted molar refractivity (Wildman–Crippen MR) is 105 cm³/mol. The monoisotopic (exact) mass is 390 g/mol. The van der Waals surface area contributed by atoms with Crippen LogP contribution < -0.4 is 5.32 Å². The highest BCUT2D eigenvalue weighted by molar-refractivity contribution is 7.17. The molecule has 0 saturated carbocycles. The number of ether oxygens (including phenoxy) is 1. The summed E-state index contributed by atoms with van der Waals surface area (Å²) in [6.07, 6.45) is 5.84. The molecule has 0 bridgehead atoms. The number of aryl methyl sites for hydroxylation is 2. The van der Waals surface area contributed by atoms with Crippen LogP contribution in [0.4, 0.5) is 5.00 Å². The molecule has 0 fully saturated rings. The maximum atomic E-state index is 12.6. The summed E-state index contributed by atoms with van der Waals surface area (Å²) >= 11 is 1.51. The minimum Gasteiger partial charge on any atom is -0.465 e. The Morgan fingerprint density at radius 3 is 2.78 bits per heavy atom. The number of rotatable bonds is 6. The molecule has 3 rings (SSSR count). The summed E-state index contributed by atoms with van der Waals surface area (Å²) in [5.74, 6) is -0.508. The Morgan fingerprint density at radius 1 is 1.37 bits per heavy atom. The summed E-state index contributed by atoms with van der Waals surface area (Å²) in [7, 11) is 5.18. The molecular formula is C19H26N4O3S. The van der Waals surface area contributed by atoms with E-state index in [1.54, 1.807) is 0 Å². The van der Waals surface area contributed by atoms with E-state index in [9.17, 15) is 9.59 Å². The second kappa shape index (κ2) is 8.22. The lowest BCUT2D eigenvalue weighted by molar-refractivity contribution is -0.117. The second-order valence-corrected chi connectivity index (χ2v) is 8.11. The number of methoxy groups -OCH3 is 1. The summed E-state index contributed by atoms with van der Waals surface area (Å²) in [5, 5.41) is 7.78. The van der Waals surface area contributed by atoms with E-state index in [0.717, 1.165) is 42.5 Å². The largest absolute Gasteiger partial charge is 0.465 e. The third-order valence-corrected chi connectivity index (χ3v) is 6.21. The van der Waals surface area contributed by atoms with Gasteiger partial charge in [-0.05, 0) is 45.2 Å². The van der Waals surface area contributed by atoms with Gasteiger partial charge in [0.15, 0.2) is 0 Å². The molecule has 2 aromatic rings. The number of fused-ring (bicyclic) bond motifs is 1. The topological polar surface area (TPSA) is 76.5 Å². The molecule has 0 atom stereocenters. The average molecular weight is 391 g/mol. The second-order valence-electron chi connectivity index (χ2n) is 7.01. The Kier molecular flexibility index (Phi) is 5.96. The van der Waals surface area contributed by atoms with E-state index < -0.39 is 0 Å². The zero-order valence-corrected chi connectivity index (χ0v) is 17.1. The van der Waals surface area contributed by atoms with Crippen LogP contribution in [0.15, 0.2) is 6.20 Å². The number of carbonyl (C=O) groups excluding carboxylic acids is 2. The molecule has 1 amide bonds. The molecule has 0 radical (unpaired) electrons. The molecule has 2 heterocycles. The van der Waals surface area contributed by atoms with Gasteiger partial charge in [-0.1, -0.05) is 0 Å². The van der Waals surface area contributed by atoms with E-state index in [2.05, 4.69) is 10.4 Å². The summed E-state index contributed by atoms with van der Waals surface area (Å²) in [4.78, 5) is 28.0. The molecule has 1 N–H and O–H groups in total. The zero-order chi connectivity index (χ0) is 19.6. The van der Waals surface area contributed by atoms with Crippen molar-refractivity contribution >= 4 is 28.2 Å². The number of hydrogen-bond acceptors (Lipinski definition) is 6. The first kappa shape index (κ1) is 19.6. The molecule has 2 aromatic heterocycles. The van der Waals surface area contributed by atoms with Crippen molar-refractivity contribution in [1.29, 1.82) is 0 Å². The van der Waals surface area contributed by atoms with Crippen LogP contribution in [0.3, 0.4) is 0 Å². The van der Waals surface area contributed by atoms with Crippen LogP contribution in [-0.2, 0) is 36.0 Å². The molecule has 27 heavy (non-hydrogen) atoms. The summed E-state index contributed by atoms with van der Waals surface area (Å²) < 4.78 is 6.78. The number of nitrogens with zero attached hydrogens (tertiary/aromatic N) is 3. The van der Waals surface area contributed by atoms with Crippen LogP contribution in [-0.4, -0.2) is 47.3 Å². The van der Waals surface area contributed by atoms with Gasteiger partial charge in [0.25, 0.3) is 0 Å². The highest BCUT2D eigenvalue weighted by Crippen LogP contribution is 2.38. The van der Waals surface area contributed by atoms with Gasteiger partial charge in [-0.15, -0.1) is 11.3 Å². The lowest BCUT2D eigenvalue weighted by atomic mass is 9.95. The van der Waals surface area contributed by atoms with Crippen LogP contribution in [0.25, 0.3) is 0 Å². The third kappa shape index (κ3) is 4.22. The minimum absolute atomic E-state index is 0.136. The summed E-state index contributed by atoms with van der Waals surface area (Å²) in [6, 6.07) is 0. The van der Waals surface area contributed by atoms with Gasteiger partial charge in [0, 0.05) is 29.7 Å². The molecule has 0 unspecified atom stereocenters. The maximum Gasteiger partial charge on any atom is 0.341 e. The van der Waals surface area contributed by atoms with Crippen molar-refractivity contribution in [3.05, 3.63) is 33.5 Å².